The predicted molar refractivity (Wildman–Crippen MR) is 48.4 cm³/mol. The van der Waals surface area contributed by atoms with Crippen molar-refractivity contribution < 1.29 is 9.59 Å². The fraction of sp³-hybridized carbons (Fsp3) is 0.333. The Labute approximate surface area is 76.7 Å². The highest BCUT2D eigenvalue weighted by molar-refractivity contribution is 5.88. The van der Waals surface area contributed by atoms with Gasteiger partial charge in [0, 0.05) is 18.8 Å². The summed E-state index contributed by atoms with van der Waals surface area (Å²) in [5.41, 5.74) is 4.90. The van der Waals surface area contributed by atoms with E-state index in [1.165, 1.54) is 17.2 Å². The van der Waals surface area contributed by atoms with Gasteiger partial charge >= 0.3 is 0 Å². The van der Waals surface area contributed by atoms with E-state index < -0.39 is 5.91 Å². The third kappa shape index (κ3) is 2.18. The minimum atomic E-state index is -0.546. The molecule has 0 aromatic carbocycles. The summed E-state index contributed by atoms with van der Waals surface area (Å²) in [5.74, 6) is -0.681. The first-order valence-electron chi connectivity index (χ1n) is 4.06. The molecule has 1 unspecified atom stereocenters. The quantitative estimate of drug-likeness (QED) is 0.491. The topological polar surface area (TPSA) is 63.4 Å². The highest BCUT2D eigenvalue weighted by Gasteiger charge is 2.27. The maximum atomic E-state index is 11.4. The van der Waals surface area contributed by atoms with Gasteiger partial charge in [0.05, 0.1) is 5.92 Å². The standard InChI is InChI=1S/C9H12N2O2/c1-2-7-3-5-11(9(7)13)6-4-8(10)12/h2,4,6-7H,1,3,5H2,(H2,10,12). The summed E-state index contributed by atoms with van der Waals surface area (Å²) in [6.07, 6.45) is 4.99. The molecule has 0 spiro atoms. The molecule has 4 nitrogen and oxygen atoms in total. The van der Waals surface area contributed by atoms with Gasteiger partial charge in [-0.05, 0) is 6.42 Å². The van der Waals surface area contributed by atoms with Gasteiger partial charge in [0.1, 0.15) is 0 Å². The molecule has 1 fully saturated rings. The highest BCUT2D eigenvalue weighted by atomic mass is 16.2. The van der Waals surface area contributed by atoms with E-state index in [0.29, 0.717) is 6.54 Å². The molecule has 2 N–H and O–H groups in total. The lowest BCUT2D eigenvalue weighted by Gasteiger charge is -2.08. The van der Waals surface area contributed by atoms with Gasteiger partial charge in [-0.15, -0.1) is 6.58 Å². The van der Waals surface area contributed by atoms with Crippen molar-refractivity contribution in [2.45, 2.75) is 6.42 Å². The van der Waals surface area contributed by atoms with Crippen LogP contribution in [0.15, 0.2) is 24.9 Å². The second kappa shape index (κ2) is 3.89. The molecule has 70 valence electrons. The second-order valence-electron chi connectivity index (χ2n) is 2.88. The van der Waals surface area contributed by atoms with E-state index in [1.807, 2.05) is 0 Å². The molecular weight excluding hydrogens is 168 g/mol. The average molecular weight is 180 g/mol. The summed E-state index contributed by atoms with van der Waals surface area (Å²) in [4.78, 5) is 23.3. The van der Waals surface area contributed by atoms with Crippen molar-refractivity contribution in [1.82, 2.24) is 4.90 Å². The smallest absolute Gasteiger partial charge is 0.242 e. The Morgan fingerprint density at radius 1 is 1.69 bits per heavy atom. The number of carbonyl (C=O) groups is 2. The SMILES string of the molecule is C=CC1CCN(C=CC(N)=O)C1=O. The third-order valence-electron chi connectivity index (χ3n) is 1.98. The molecule has 1 aliphatic rings. The van der Waals surface area contributed by atoms with Crippen molar-refractivity contribution >= 4 is 11.8 Å². The molecule has 1 rings (SSSR count). The third-order valence-corrected chi connectivity index (χ3v) is 1.98. The van der Waals surface area contributed by atoms with Gasteiger partial charge in [-0.1, -0.05) is 6.08 Å². The number of rotatable bonds is 3. The molecule has 0 radical (unpaired) electrons. The predicted octanol–water partition coefficient (Wildman–Crippen LogP) is 0.0199. The van der Waals surface area contributed by atoms with Crippen LogP contribution in [-0.4, -0.2) is 23.3 Å². The van der Waals surface area contributed by atoms with Crippen LogP contribution < -0.4 is 5.73 Å². The van der Waals surface area contributed by atoms with Crippen molar-refractivity contribution in [3.63, 3.8) is 0 Å². The summed E-state index contributed by atoms with van der Waals surface area (Å²) in [7, 11) is 0. The molecule has 13 heavy (non-hydrogen) atoms. The van der Waals surface area contributed by atoms with Crippen molar-refractivity contribution in [2.24, 2.45) is 11.7 Å². The number of carbonyl (C=O) groups excluding carboxylic acids is 2. The van der Waals surface area contributed by atoms with Gasteiger partial charge in [-0.3, -0.25) is 9.59 Å². The fourth-order valence-corrected chi connectivity index (χ4v) is 1.25. The van der Waals surface area contributed by atoms with E-state index in [0.717, 1.165) is 6.42 Å². The van der Waals surface area contributed by atoms with Gasteiger partial charge in [-0.2, -0.15) is 0 Å². The first-order chi connectivity index (χ1) is 6.15. The molecule has 4 heteroatoms. The summed E-state index contributed by atoms with van der Waals surface area (Å²) in [6.45, 7) is 4.18. The Kier molecular flexibility index (Phi) is 2.84. The summed E-state index contributed by atoms with van der Waals surface area (Å²) < 4.78 is 0. The largest absolute Gasteiger partial charge is 0.366 e. The maximum absolute atomic E-state index is 11.4. The van der Waals surface area contributed by atoms with Crippen molar-refractivity contribution in [2.75, 3.05) is 6.54 Å². The molecule has 1 saturated heterocycles. The Morgan fingerprint density at radius 3 is 2.85 bits per heavy atom. The molecular formula is C9H12N2O2. The van der Waals surface area contributed by atoms with Crippen molar-refractivity contribution in [3.05, 3.63) is 24.9 Å². The average Bonchev–Trinajstić information content (AvgIpc) is 2.43. The van der Waals surface area contributed by atoms with Crippen LogP contribution in [0.2, 0.25) is 0 Å². The molecule has 0 bridgehead atoms. The van der Waals surface area contributed by atoms with Crippen molar-refractivity contribution in [3.8, 4) is 0 Å². The highest BCUT2D eigenvalue weighted by Crippen LogP contribution is 2.18. The molecule has 0 saturated carbocycles. The zero-order valence-corrected chi connectivity index (χ0v) is 7.27. The van der Waals surface area contributed by atoms with Crippen LogP contribution in [0, 0.1) is 5.92 Å². The Balaban J connectivity index is 2.60. The summed E-state index contributed by atoms with van der Waals surface area (Å²) in [6, 6.07) is 0. The zero-order valence-electron chi connectivity index (χ0n) is 7.27. The van der Waals surface area contributed by atoms with Gasteiger partial charge in [0.25, 0.3) is 0 Å². The van der Waals surface area contributed by atoms with Gasteiger partial charge in [0.2, 0.25) is 11.8 Å². The van der Waals surface area contributed by atoms with Crippen LogP contribution in [0.3, 0.4) is 0 Å². The first kappa shape index (κ1) is 9.51. The van der Waals surface area contributed by atoms with E-state index in [1.54, 1.807) is 6.08 Å². The molecule has 1 atom stereocenters. The van der Waals surface area contributed by atoms with E-state index >= 15 is 0 Å². The molecule has 2 amide bonds. The van der Waals surface area contributed by atoms with Crippen molar-refractivity contribution in [1.29, 1.82) is 0 Å². The number of hydrogen-bond acceptors (Lipinski definition) is 2. The van der Waals surface area contributed by atoms with E-state index in [-0.39, 0.29) is 11.8 Å². The Bertz CT molecular complexity index is 271. The monoisotopic (exact) mass is 180 g/mol. The van der Waals surface area contributed by atoms with Gasteiger partial charge in [-0.25, -0.2) is 0 Å². The molecule has 0 aromatic rings. The maximum Gasteiger partial charge on any atom is 0.242 e. The Morgan fingerprint density at radius 2 is 2.38 bits per heavy atom. The molecule has 0 aromatic heterocycles. The Hall–Kier alpha value is -1.58. The lowest BCUT2D eigenvalue weighted by Crippen LogP contribution is -2.21. The van der Waals surface area contributed by atoms with Gasteiger partial charge in [0.15, 0.2) is 0 Å². The second-order valence-corrected chi connectivity index (χ2v) is 2.88. The van der Waals surface area contributed by atoms with Crippen LogP contribution in [0.25, 0.3) is 0 Å². The van der Waals surface area contributed by atoms with E-state index in [2.05, 4.69) is 6.58 Å². The molecule has 0 aliphatic carbocycles. The number of nitrogens with zero attached hydrogens (tertiary/aromatic N) is 1. The van der Waals surface area contributed by atoms with E-state index in [4.69, 9.17) is 5.73 Å². The number of primary amides is 1. The van der Waals surface area contributed by atoms with Crippen LogP contribution >= 0.6 is 0 Å². The fourth-order valence-electron chi connectivity index (χ4n) is 1.25. The van der Waals surface area contributed by atoms with E-state index in [9.17, 15) is 9.59 Å². The summed E-state index contributed by atoms with van der Waals surface area (Å²) >= 11 is 0. The molecule has 1 aliphatic heterocycles. The minimum absolute atomic E-state index is 0.0208. The summed E-state index contributed by atoms with van der Waals surface area (Å²) in [5, 5.41) is 0. The van der Waals surface area contributed by atoms with Crippen LogP contribution in [-0.2, 0) is 9.59 Å². The van der Waals surface area contributed by atoms with Crippen LogP contribution in [0.1, 0.15) is 6.42 Å². The number of nitrogens with two attached hydrogens (primary N) is 1. The number of amides is 2. The van der Waals surface area contributed by atoms with Gasteiger partial charge < -0.3 is 10.6 Å². The normalized spacial score (nSPS) is 22.6. The van der Waals surface area contributed by atoms with Crippen LogP contribution in [0.5, 0.6) is 0 Å². The lowest BCUT2D eigenvalue weighted by molar-refractivity contribution is -0.127. The lowest BCUT2D eigenvalue weighted by atomic mass is 10.1. The molecule has 1 heterocycles. The minimum Gasteiger partial charge on any atom is -0.366 e. The first-order valence-corrected chi connectivity index (χ1v) is 4.06. The zero-order chi connectivity index (χ0) is 9.84. The van der Waals surface area contributed by atoms with Crippen LogP contribution in [0.4, 0.5) is 0 Å². The number of hydrogen-bond donors (Lipinski definition) is 1. The number of likely N-dealkylation sites (tertiary alicyclic amines) is 1.